The summed E-state index contributed by atoms with van der Waals surface area (Å²) in [5, 5.41) is 0. The Labute approximate surface area is 298 Å². The molecule has 2 atom stereocenters. The first-order chi connectivity index (χ1) is 23.7. The van der Waals surface area contributed by atoms with Gasteiger partial charge in [0.15, 0.2) is 0 Å². The second-order valence-corrected chi connectivity index (χ2v) is 15.1. The number of piperidine rings is 1. The number of carbonyl (C=O) groups is 1. The third-order valence-electron chi connectivity index (χ3n) is 9.61. The first-order valence-corrected chi connectivity index (χ1v) is 17.7. The second-order valence-electron chi connectivity index (χ2n) is 15.1. The van der Waals surface area contributed by atoms with Crippen molar-refractivity contribution in [3.8, 4) is 11.5 Å². The van der Waals surface area contributed by atoms with Crippen molar-refractivity contribution >= 4 is 18.7 Å². The largest absolute Gasteiger partial charge is 0.496 e. The van der Waals surface area contributed by atoms with Gasteiger partial charge in [-0.2, -0.15) is 0 Å². The molecule has 0 bridgehead atoms. The molecule has 2 aliphatic heterocycles. The van der Waals surface area contributed by atoms with Crippen molar-refractivity contribution in [2.45, 2.75) is 103 Å². The minimum atomic E-state index is -0.574. The summed E-state index contributed by atoms with van der Waals surface area (Å²) in [6.45, 7) is 16.9. The number of methoxy groups -OCH3 is 1. The first-order valence-electron chi connectivity index (χ1n) is 17.7. The van der Waals surface area contributed by atoms with Crippen LogP contribution < -0.4 is 14.9 Å². The van der Waals surface area contributed by atoms with Crippen molar-refractivity contribution in [2.24, 2.45) is 0 Å². The summed E-state index contributed by atoms with van der Waals surface area (Å²) >= 11 is 0. The molecule has 2 fully saturated rings. The maximum atomic E-state index is 13.1. The van der Waals surface area contributed by atoms with Crippen LogP contribution in [-0.4, -0.2) is 74.4 Å². The zero-order valence-electron chi connectivity index (χ0n) is 31.0. The molecule has 10 heteroatoms. The van der Waals surface area contributed by atoms with E-state index in [0.29, 0.717) is 39.5 Å². The Balaban J connectivity index is 1.19. The number of carbonyl (C=O) groups excluding carboxylic acids is 1. The highest BCUT2D eigenvalue weighted by Crippen LogP contribution is 2.37. The average Bonchev–Trinajstić information content (AvgIpc) is 3.31. The van der Waals surface area contributed by atoms with Crippen molar-refractivity contribution in [1.29, 1.82) is 0 Å². The summed E-state index contributed by atoms with van der Waals surface area (Å²) in [5.74, 6) is 1.73. The summed E-state index contributed by atoms with van der Waals surface area (Å²) in [7, 11) is 1.22. The fourth-order valence-electron chi connectivity index (χ4n) is 6.14. The van der Waals surface area contributed by atoms with Gasteiger partial charge in [-0.1, -0.05) is 54.6 Å². The van der Waals surface area contributed by atoms with E-state index in [9.17, 15) is 4.79 Å². The minimum Gasteiger partial charge on any atom is -0.496 e. The van der Waals surface area contributed by atoms with Crippen LogP contribution in [0, 0.1) is 0 Å². The molecule has 0 spiro atoms. The van der Waals surface area contributed by atoms with Crippen molar-refractivity contribution in [2.75, 3.05) is 33.4 Å². The molecule has 50 heavy (non-hydrogen) atoms. The van der Waals surface area contributed by atoms with Gasteiger partial charge >= 0.3 is 13.2 Å². The quantitative estimate of drug-likeness (QED) is 0.137. The molecule has 0 aromatic heterocycles. The second kappa shape index (κ2) is 16.2. The molecule has 2 saturated heterocycles. The van der Waals surface area contributed by atoms with Crippen molar-refractivity contribution in [3.05, 3.63) is 89.5 Å². The lowest BCUT2D eigenvalue weighted by Crippen LogP contribution is -2.48. The lowest BCUT2D eigenvalue weighted by Gasteiger charge is -2.39. The van der Waals surface area contributed by atoms with Crippen LogP contribution in [0.3, 0.4) is 0 Å². The van der Waals surface area contributed by atoms with Gasteiger partial charge in [0.1, 0.15) is 17.1 Å². The van der Waals surface area contributed by atoms with Gasteiger partial charge in [0, 0.05) is 24.4 Å². The highest BCUT2D eigenvalue weighted by atomic mass is 16.7. The van der Waals surface area contributed by atoms with Crippen LogP contribution in [0.5, 0.6) is 11.5 Å². The molecule has 1 amide bonds. The monoisotopic (exact) mass is 687 g/mol. The summed E-state index contributed by atoms with van der Waals surface area (Å²) in [5.41, 5.74) is 2.74. The molecule has 2 aliphatic rings. The Morgan fingerprint density at radius 1 is 0.920 bits per heavy atom. The van der Waals surface area contributed by atoms with Gasteiger partial charge in [-0.05, 0) is 89.7 Å². The van der Waals surface area contributed by atoms with Crippen molar-refractivity contribution < 1.29 is 37.8 Å². The summed E-state index contributed by atoms with van der Waals surface area (Å²) in [4.78, 5) is 14.8. The zero-order chi connectivity index (χ0) is 35.9. The van der Waals surface area contributed by atoms with E-state index in [1.165, 1.54) is 0 Å². The Kier molecular flexibility index (Phi) is 12.2. The van der Waals surface area contributed by atoms with Crippen molar-refractivity contribution in [1.82, 2.24) is 4.90 Å². The summed E-state index contributed by atoms with van der Waals surface area (Å²) < 4.78 is 42.2. The molecular weight excluding hydrogens is 633 g/mol. The smallest absolute Gasteiger partial charge is 0.494 e. The van der Waals surface area contributed by atoms with Crippen LogP contribution in [0.1, 0.15) is 83.9 Å². The van der Waals surface area contributed by atoms with Gasteiger partial charge in [-0.3, -0.25) is 0 Å². The van der Waals surface area contributed by atoms with Gasteiger partial charge in [0.25, 0.3) is 0 Å². The average molecular weight is 688 g/mol. The molecule has 3 aromatic carbocycles. The maximum Gasteiger partial charge on any atom is 0.494 e. The summed E-state index contributed by atoms with van der Waals surface area (Å²) in [6.07, 6.45) is 0.972. The van der Waals surface area contributed by atoms with Crippen LogP contribution in [0.4, 0.5) is 4.79 Å². The van der Waals surface area contributed by atoms with Gasteiger partial charge < -0.3 is 37.9 Å². The molecule has 5 rings (SSSR count). The van der Waals surface area contributed by atoms with E-state index in [0.717, 1.165) is 46.5 Å². The molecule has 2 heterocycles. The summed E-state index contributed by atoms with van der Waals surface area (Å²) in [6, 6.07) is 24.3. The van der Waals surface area contributed by atoms with Crippen LogP contribution in [0.25, 0.3) is 0 Å². The number of hydrogen-bond donors (Lipinski definition) is 0. The Bertz CT molecular complexity index is 1540. The van der Waals surface area contributed by atoms with Crippen LogP contribution >= 0.6 is 0 Å². The van der Waals surface area contributed by atoms with E-state index >= 15 is 0 Å². The van der Waals surface area contributed by atoms with Gasteiger partial charge in [0.2, 0.25) is 0 Å². The number of amides is 1. The molecule has 0 radical (unpaired) electrons. The molecule has 2 unspecified atom stereocenters. The molecule has 9 nitrogen and oxygen atoms in total. The Morgan fingerprint density at radius 3 is 2.34 bits per heavy atom. The highest BCUT2D eigenvalue weighted by molar-refractivity contribution is 6.62. The van der Waals surface area contributed by atoms with E-state index in [4.69, 9.17) is 33.0 Å². The maximum absolute atomic E-state index is 13.1. The predicted octanol–water partition coefficient (Wildman–Crippen LogP) is 7.29. The SMILES string of the molecule is COc1ccccc1COCCCOc1ccc(C2CCN(C(=O)OC(C)(C)C)CC2OCc2cccc(B3OC(C)(C)C(C)(C)O3)c2)cc1. The third kappa shape index (κ3) is 9.81. The van der Waals surface area contributed by atoms with Crippen LogP contribution in [-0.2, 0) is 36.7 Å². The molecule has 0 saturated carbocycles. The number of likely N-dealkylation sites (tertiary alicyclic amines) is 1. The predicted molar refractivity (Wildman–Crippen MR) is 195 cm³/mol. The number of rotatable bonds is 13. The van der Waals surface area contributed by atoms with E-state index in [-0.39, 0.29) is 18.1 Å². The molecule has 0 N–H and O–H groups in total. The number of benzene rings is 3. The van der Waals surface area contributed by atoms with E-state index in [2.05, 4.69) is 45.9 Å². The molecular formula is C40H54BNO8. The number of hydrogen-bond acceptors (Lipinski definition) is 8. The number of ether oxygens (including phenoxy) is 5. The zero-order valence-corrected chi connectivity index (χ0v) is 31.0. The molecule has 0 aliphatic carbocycles. The lowest BCUT2D eigenvalue weighted by atomic mass is 9.78. The van der Waals surface area contributed by atoms with Crippen LogP contribution in [0.2, 0.25) is 0 Å². The van der Waals surface area contributed by atoms with Gasteiger partial charge in [0.05, 0.1) is 57.4 Å². The van der Waals surface area contributed by atoms with Gasteiger partial charge in [-0.15, -0.1) is 0 Å². The lowest BCUT2D eigenvalue weighted by molar-refractivity contribution is -0.0359. The van der Waals surface area contributed by atoms with E-state index in [1.54, 1.807) is 12.0 Å². The number of para-hydroxylation sites is 1. The fourth-order valence-corrected chi connectivity index (χ4v) is 6.14. The fraction of sp³-hybridized carbons (Fsp3) is 0.525. The topological polar surface area (TPSA) is 84.9 Å². The van der Waals surface area contributed by atoms with Crippen LogP contribution in [0.15, 0.2) is 72.8 Å². The molecule has 3 aromatic rings. The standard InChI is InChI=1S/C40H54BNO8/c1-38(2,3)48-37(43)42-22-21-34(30-17-19-33(20-18-30)46-24-12-23-45-28-31-14-9-10-16-35(31)44-8)36(26-42)47-27-29-13-11-15-32(25-29)41-49-39(4,5)40(6,7)50-41/h9-11,13-20,25,34,36H,12,21-24,26-28H2,1-8H3. The first kappa shape index (κ1) is 37.7. The Hall–Kier alpha value is -3.57. The van der Waals surface area contributed by atoms with Gasteiger partial charge in [-0.25, -0.2) is 4.79 Å². The van der Waals surface area contributed by atoms with E-state index < -0.39 is 23.9 Å². The van der Waals surface area contributed by atoms with Crippen molar-refractivity contribution in [3.63, 3.8) is 0 Å². The third-order valence-corrected chi connectivity index (χ3v) is 9.61. The number of nitrogens with zero attached hydrogens (tertiary/aromatic N) is 1. The molecule has 270 valence electrons. The minimum absolute atomic E-state index is 0.0948. The van der Waals surface area contributed by atoms with E-state index in [1.807, 2.05) is 75.4 Å². The Morgan fingerprint density at radius 2 is 1.64 bits per heavy atom. The normalized spacial score (nSPS) is 20.1. The highest BCUT2D eigenvalue weighted by Gasteiger charge is 2.51.